The Bertz CT molecular complexity index is 1120. The summed E-state index contributed by atoms with van der Waals surface area (Å²) in [6.45, 7) is 4.60. The van der Waals surface area contributed by atoms with E-state index in [2.05, 4.69) is 15.0 Å². The first-order valence-corrected chi connectivity index (χ1v) is 10.5. The average Bonchev–Trinajstić information content (AvgIpc) is 3.36. The number of aryl methyl sites for hydroxylation is 2. The highest BCUT2D eigenvalue weighted by molar-refractivity contribution is 6.01. The molecule has 1 aliphatic heterocycles. The number of rotatable bonds is 4. The van der Waals surface area contributed by atoms with Crippen molar-refractivity contribution in [2.75, 3.05) is 6.54 Å². The van der Waals surface area contributed by atoms with E-state index >= 15 is 0 Å². The van der Waals surface area contributed by atoms with Crippen molar-refractivity contribution in [1.82, 2.24) is 19.9 Å². The molecule has 1 amide bonds. The average molecular weight is 418 g/mol. The van der Waals surface area contributed by atoms with Gasteiger partial charge >= 0.3 is 0 Å². The molecule has 1 aliphatic carbocycles. The van der Waals surface area contributed by atoms with Crippen LogP contribution in [-0.4, -0.2) is 44.4 Å². The summed E-state index contributed by atoms with van der Waals surface area (Å²) >= 11 is 0. The van der Waals surface area contributed by atoms with E-state index < -0.39 is 5.82 Å². The quantitative estimate of drug-likeness (QED) is 0.641. The van der Waals surface area contributed by atoms with Gasteiger partial charge in [0.1, 0.15) is 6.10 Å². The molecule has 3 atom stereocenters. The number of halogens is 1. The molecule has 2 aliphatic rings. The first kappa shape index (κ1) is 19.6. The number of hydrogen-bond donors (Lipinski definition) is 0. The van der Waals surface area contributed by atoms with Crippen molar-refractivity contribution in [2.24, 2.45) is 5.92 Å². The zero-order valence-corrected chi connectivity index (χ0v) is 17.5. The summed E-state index contributed by atoms with van der Waals surface area (Å²) in [5, 5.41) is 0. The number of piperidine rings is 1. The van der Waals surface area contributed by atoms with Gasteiger partial charge in [-0.3, -0.25) is 4.79 Å². The molecule has 1 saturated carbocycles. The second-order valence-electron chi connectivity index (χ2n) is 8.41. The molecule has 2 fully saturated rings. The zero-order valence-electron chi connectivity index (χ0n) is 17.5. The van der Waals surface area contributed by atoms with Crippen LogP contribution in [0.5, 0.6) is 5.88 Å². The van der Waals surface area contributed by atoms with Crippen LogP contribution in [0.25, 0.3) is 11.4 Å². The molecule has 31 heavy (non-hydrogen) atoms. The molecule has 2 bridgehead atoms. The summed E-state index contributed by atoms with van der Waals surface area (Å²) in [6, 6.07) is 9.40. The lowest BCUT2D eigenvalue weighted by atomic mass is 9.98. The number of fused-ring (bicyclic) bond motifs is 2. The lowest BCUT2D eigenvalue weighted by Crippen LogP contribution is -2.47. The first-order chi connectivity index (χ1) is 15.0. The third kappa shape index (κ3) is 3.65. The van der Waals surface area contributed by atoms with Gasteiger partial charge in [0, 0.05) is 24.4 Å². The van der Waals surface area contributed by atoms with E-state index in [1.807, 2.05) is 43.0 Å². The maximum Gasteiger partial charge on any atom is 0.255 e. The van der Waals surface area contributed by atoms with Gasteiger partial charge < -0.3 is 9.64 Å². The van der Waals surface area contributed by atoms with Crippen LogP contribution in [0, 0.1) is 25.6 Å². The summed E-state index contributed by atoms with van der Waals surface area (Å²) in [5.41, 5.74) is 3.13. The smallest absolute Gasteiger partial charge is 0.255 e. The zero-order chi connectivity index (χ0) is 21.5. The predicted octanol–water partition coefficient (Wildman–Crippen LogP) is 3.98. The Morgan fingerprint density at radius 3 is 2.58 bits per heavy atom. The molecule has 1 aromatic carbocycles. The standard InChI is InChI=1S/C24H23FN4O2/c1-14-6-7-21(26-10-14)31-20-9-16-8-19(20)29(13-16)24(30)18-5-3-4-15(2)22(18)23-27-11-17(25)12-28-23/h3-7,10-12,16,19-20H,8-9,13H2,1-2H3. The molecule has 0 spiro atoms. The van der Waals surface area contributed by atoms with E-state index in [0.717, 1.165) is 36.4 Å². The van der Waals surface area contributed by atoms with Gasteiger partial charge in [0.05, 0.1) is 24.0 Å². The van der Waals surface area contributed by atoms with Gasteiger partial charge in [-0.15, -0.1) is 0 Å². The van der Waals surface area contributed by atoms with E-state index in [0.29, 0.717) is 35.3 Å². The minimum absolute atomic E-state index is 0.00287. The van der Waals surface area contributed by atoms with Crippen LogP contribution >= 0.6 is 0 Å². The number of carbonyl (C=O) groups is 1. The van der Waals surface area contributed by atoms with E-state index in [1.54, 1.807) is 12.3 Å². The number of nitrogens with zero attached hydrogens (tertiary/aromatic N) is 4. The minimum atomic E-state index is -0.508. The minimum Gasteiger partial charge on any atom is -0.472 e. The van der Waals surface area contributed by atoms with Crippen molar-refractivity contribution < 1.29 is 13.9 Å². The Balaban J connectivity index is 1.42. The molecule has 6 nitrogen and oxygen atoms in total. The Kier molecular flexibility index (Phi) is 4.88. The molecule has 2 aromatic heterocycles. The fourth-order valence-corrected chi connectivity index (χ4v) is 4.74. The Hall–Kier alpha value is -3.35. The van der Waals surface area contributed by atoms with Gasteiger partial charge in [-0.25, -0.2) is 19.3 Å². The van der Waals surface area contributed by atoms with E-state index in [4.69, 9.17) is 4.74 Å². The second kappa shape index (κ2) is 7.72. The van der Waals surface area contributed by atoms with Crippen LogP contribution in [0.4, 0.5) is 4.39 Å². The lowest BCUT2D eigenvalue weighted by molar-refractivity contribution is 0.0467. The topological polar surface area (TPSA) is 68.2 Å². The Labute approximate surface area is 180 Å². The Morgan fingerprint density at radius 2 is 1.87 bits per heavy atom. The van der Waals surface area contributed by atoms with Crippen molar-refractivity contribution in [1.29, 1.82) is 0 Å². The van der Waals surface area contributed by atoms with E-state index in [1.165, 1.54) is 0 Å². The number of carbonyl (C=O) groups excluding carboxylic acids is 1. The van der Waals surface area contributed by atoms with Crippen LogP contribution < -0.4 is 4.74 Å². The third-order valence-electron chi connectivity index (χ3n) is 6.19. The predicted molar refractivity (Wildman–Crippen MR) is 113 cm³/mol. The third-order valence-corrected chi connectivity index (χ3v) is 6.19. The molecule has 1 saturated heterocycles. The molecular weight excluding hydrogens is 395 g/mol. The summed E-state index contributed by atoms with van der Waals surface area (Å²) in [5.74, 6) is 0.783. The van der Waals surface area contributed by atoms with Crippen LogP contribution in [0.1, 0.15) is 34.3 Å². The SMILES string of the molecule is Cc1ccc(OC2CC3CC2N(C(=O)c2cccc(C)c2-c2ncc(F)cn2)C3)nc1. The largest absolute Gasteiger partial charge is 0.472 e. The molecule has 7 heteroatoms. The van der Waals surface area contributed by atoms with Crippen molar-refractivity contribution in [3.05, 3.63) is 71.4 Å². The van der Waals surface area contributed by atoms with E-state index in [9.17, 15) is 9.18 Å². The number of likely N-dealkylation sites (tertiary alicyclic amines) is 1. The van der Waals surface area contributed by atoms with Gasteiger partial charge in [-0.2, -0.15) is 0 Å². The van der Waals surface area contributed by atoms with Crippen LogP contribution in [0.2, 0.25) is 0 Å². The highest BCUT2D eigenvalue weighted by atomic mass is 19.1. The highest BCUT2D eigenvalue weighted by Crippen LogP contribution is 2.41. The summed E-state index contributed by atoms with van der Waals surface area (Å²) in [7, 11) is 0. The second-order valence-corrected chi connectivity index (χ2v) is 8.41. The normalized spacial score (nSPS) is 22.0. The molecular formula is C24H23FN4O2. The van der Waals surface area contributed by atoms with Crippen LogP contribution in [0.3, 0.4) is 0 Å². The summed E-state index contributed by atoms with van der Waals surface area (Å²) < 4.78 is 19.5. The van der Waals surface area contributed by atoms with Gasteiger partial charge in [0.25, 0.3) is 5.91 Å². The number of ether oxygens (including phenoxy) is 1. The monoisotopic (exact) mass is 418 g/mol. The van der Waals surface area contributed by atoms with Gasteiger partial charge in [0.15, 0.2) is 11.6 Å². The van der Waals surface area contributed by atoms with Crippen LogP contribution in [-0.2, 0) is 0 Å². The van der Waals surface area contributed by atoms with E-state index in [-0.39, 0.29) is 18.1 Å². The Morgan fingerprint density at radius 1 is 1.06 bits per heavy atom. The summed E-state index contributed by atoms with van der Waals surface area (Å²) in [6.07, 6.45) is 5.81. The van der Waals surface area contributed by atoms with Crippen molar-refractivity contribution in [3.63, 3.8) is 0 Å². The number of hydrogen-bond acceptors (Lipinski definition) is 5. The maximum absolute atomic E-state index is 13.6. The van der Waals surface area contributed by atoms with Crippen molar-refractivity contribution >= 4 is 5.91 Å². The number of aromatic nitrogens is 3. The molecule has 3 unspecified atom stereocenters. The molecule has 158 valence electrons. The highest BCUT2D eigenvalue weighted by Gasteiger charge is 2.48. The number of amides is 1. The molecule has 3 aromatic rings. The molecule has 0 N–H and O–H groups in total. The maximum atomic E-state index is 13.6. The molecule has 3 heterocycles. The fourth-order valence-electron chi connectivity index (χ4n) is 4.74. The first-order valence-electron chi connectivity index (χ1n) is 10.5. The fraction of sp³-hybridized carbons (Fsp3) is 0.333. The number of pyridine rings is 1. The molecule has 0 radical (unpaired) electrons. The van der Waals surface area contributed by atoms with Gasteiger partial charge in [-0.1, -0.05) is 18.2 Å². The van der Waals surface area contributed by atoms with Crippen LogP contribution in [0.15, 0.2) is 48.9 Å². The lowest BCUT2D eigenvalue weighted by Gasteiger charge is -2.33. The number of benzene rings is 1. The van der Waals surface area contributed by atoms with Gasteiger partial charge in [0.2, 0.25) is 5.88 Å². The van der Waals surface area contributed by atoms with Gasteiger partial charge in [-0.05, 0) is 49.8 Å². The molecule has 5 rings (SSSR count). The van der Waals surface area contributed by atoms with Crippen molar-refractivity contribution in [3.8, 4) is 17.3 Å². The summed E-state index contributed by atoms with van der Waals surface area (Å²) in [4.78, 5) is 28.1. The van der Waals surface area contributed by atoms with Crippen molar-refractivity contribution in [2.45, 2.75) is 38.8 Å².